The van der Waals surface area contributed by atoms with Gasteiger partial charge < -0.3 is 19.8 Å². The van der Waals surface area contributed by atoms with Crippen molar-refractivity contribution in [2.75, 3.05) is 25.2 Å². The second-order valence-electron chi connectivity index (χ2n) is 6.08. The summed E-state index contributed by atoms with van der Waals surface area (Å²) >= 11 is 6.04. The fraction of sp³-hybridized carbons (Fsp3) is 0.615. The van der Waals surface area contributed by atoms with Crippen molar-refractivity contribution in [1.82, 2.24) is 19.5 Å². The standard InChI is InChI=1S/C13H19ClN5O3P/c1-7-12(22-8(21-7)4-5-23(2,3)20)19-6-16-9-10(14)17-13(15)18-11(9)19/h6-8,12H,4-5H2,1-3H3,(H2,15,17,18)/t7-,8-,12-/m1/s1. The SMILES string of the molecule is C[C@H]1O[C@@H](CCP(C)(C)=O)O[C@H]1n1cnc2c(Cl)nc(N)nc21. The molecule has 3 heterocycles. The maximum absolute atomic E-state index is 11.8. The number of ether oxygens (including phenoxy) is 2. The molecule has 3 rings (SSSR count). The molecule has 126 valence electrons. The van der Waals surface area contributed by atoms with Crippen LogP contribution in [-0.2, 0) is 14.0 Å². The molecule has 1 fully saturated rings. The van der Waals surface area contributed by atoms with Gasteiger partial charge in [0.25, 0.3) is 0 Å². The van der Waals surface area contributed by atoms with Crippen LogP contribution in [0.5, 0.6) is 0 Å². The van der Waals surface area contributed by atoms with Crippen molar-refractivity contribution in [2.24, 2.45) is 0 Å². The molecule has 0 aliphatic carbocycles. The van der Waals surface area contributed by atoms with E-state index in [0.29, 0.717) is 23.7 Å². The highest BCUT2D eigenvalue weighted by molar-refractivity contribution is 7.62. The Balaban J connectivity index is 1.84. The number of aromatic nitrogens is 4. The van der Waals surface area contributed by atoms with Gasteiger partial charge in [-0.05, 0) is 20.3 Å². The summed E-state index contributed by atoms with van der Waals surface area (Å²) in [5.74, 6) is 0.0743. The summed E-state index contributed by atoms with van der Waals surface area (Å²) in [5.41, 5.74) is 6.62. The molecule has 0 aromatic carbocycles. The van der Waals surface area contributed by atoms with Gasteiger partial charge in [0.1, 0.15) is 11.6 Å². The molecule has 10 heteroatoms. The Morgan fingerprint density at radius 1 is 1.39 bits per heavy atom. The number of nitrogens with two attached hydrogens (primary N) is 1. The molecule has 23 heavy (non-hydrogen) atoms. The van der Waals surface area contributed by atoms with Crippen molar-refractivity contribution >= 4 is 35.9 Å². The van der Waals surface area contributed by atoms with Crippen molar-refractivity contribution in [3.8, 4) is 0 Å². The molecule has 0 saturated carbocycles. The van der Waals surface area contributed by atoms with E-state index in [1.54, 1.807) is 24.2 Å². The van der Waals surface area contributed by atoms with Crippen molar-refractivity contribution in [1.29, 1.82) is 0 Å². The number of anilines is 1. The molecular formula is C13H19ClN5O3P. The average Bonchev–Trinajstić information content (AvgIpc) is 2.99. The number of halogens is 1. The normalized spacial score (nSPS) is 25.3. The largest absolute Gasteiger partial charge is 0.368 e. The van der Waals surface area contributed by atoms with Crippen molar-refractivity contribution in [3.05, 3.63) is 11.5 Å². The number of hydrogen-bond acceptors (Lipinski definition) is 7. The number of rotatable bonds is 4. The van der Waals surface area contributed by atoms with Crippen LogP contribution in [0.1, 0.15) is 19.6 Å². The lowest BCUT2D eigenvalue weighted by molar-refractivity contribution is -0.0744. The lowest BCUT2D eigenvalue weighted by Crippen LogP contribution is -2.17. The van der Waals surface area contributed by atoms with E-state index in [9.17, 15) is 4.57 Å². The third kappa shape index (κ3) is 3.50. The van der Waals surface area contributed by atoms with Crippen molar-refractivity contribution in [2.45, 2.75) is 32.0 Å². The summed E-state index contributed by atoms with van der Waals surface area (Å²) in [6.07, 6.45) is 1.72. The molecule has 2 aromatic heterocycles. The van der Waals surface area contributed by atoms with Gasteiger partial charge in [-0.25, -0.2) is 4.98 Å². The number of hydrogen-bond donors (Lipinski definition) is 1. The smallest absolute Gasteiger partial charge is 0.223 e. The first-order valence-electron chi connectivity index (χ1n) is 7.25. The van der Waals surface area contributed by atoms with Crippen LogP contribution in [0.4, 0.5) is 5.95 Å². The Hall–Kier alpha value is -1.21. The molecule has 0 spiro atoms. The van der Waals surface area contributed by atoms with Crippen molar-refractivity contribution in [3.63, 3.8) is 0 Å². The minimum Gasteiger partial charge on any atom is -0.368 e. The maximum Gasteiger partial charge on any atom is 0.223 e. The average molecular weight is 360 g/mol. The minimum atomic E-state index is -2.10. The van der Waals surface area contributed by atoms with Crippen LogP contribution in [0, 0.1) is 0 Å². The molecule has 2 aromatic rings. The number of fused-ring (bicyclic) bond motifs is 1. The Labute approximate surface area is 138 Å². The van der Waals surface area contributed by atoms with E-state index in [4.69, 9.17) is 26.8 Å². The summed E-state index contributed by atoms with van der Waals surface area (Å²) in [5, 5.41) is 0.201. The van der Waals surface area contributed by atoms with Gasteiger partial charge in [-0.3, -0.25) is 4.57 Å². The highest BCUT2D eigenvalue weighted by atomic mass is 35.5. The van der Waals surface area contributed by atoms with Crippen LogP contribution < -0.4 is 5.73 Å². The maximum atomic E-state index is 11.8. The molecule has 0 amide bonds. The van der Waals surface area contributed by atoms with Crippen LogP contribution in [0.2, 0.25) is 5.15 Å². The number of imidazole rings is 1. The fourth-order valence-corrected chi connectivity index (χ4v) is 3.59. The van der Waals surface area contributed by atoms with Crippen LogP contribution in [0.25, 0.3) is 11.2 Å². The molecule has 1 aliphatic rings. The van der Waals surface area contributed by atoms with E-state index in [0.717, 1.165) is 0 Å². The van der Waals surface area contributed by atoms with Gasteiger partial charge in [0.15, 0.2) is 23.3 Å². The van der Waals surface area contributed by atoms with E-state index in [1.807, 2.05) is 6.92 Å². The third-order valence-electron chi connectivity index (χ3n) is 3.63. The molecule has 2 N–H and O–H groups in total. The summed E-state index contributed by atoms with van der Waals surface area (Å²) in [6, 6.07) is 0. The van der Waals surface area contributed by atoms with Gasteiger partial charge >= 0.3 is 0 Å². The predicted octanol–water partition coefficient (Wildman–Crippen LogP) is 2.33. The summed E-state index contributed by atoms with van der Waals surface area (Å²) in [4.78, 5) is 12.3. The van der Waals surface area contributed by atoms with E-state index in [-0.39, 0.29) is 17.2 Å². The zero-order chi connectivity index (χ0) is 16.8. The first-order chi connectivity index (χ1) is 10.7. The monoisotopic (exact) mass is 359 g/mol. The zero-order valence-electron chi connectivity index (χ0n) is 13.1. The van der Waals surface area contributed by atoms with Crippen LogP contribution in [-0.4, -0.2) is 51.4 Å². The molecule has 1 aliphatic heterocycles. The molecule has 0 unspecified atom stereocenters. The Kier molecular flexibility index (Phi) is 4.35. The lowest BCUT2D eigenvalue weighted by atomic mass is 10.3. The Morgan fingerprint density at radius 2 is 2.13 bits per heavy atom. The quantitative estimate of drug-likeness (QED) is 0.659. The minimum absolute atomic E-state index is 0.0743. The van der Waals surface area contributed by atoms with Gasteiger partial charge in [-0.15, -0.1) is 0 Å². The molecule has 1 saturated heterocycles. The lowest BCUT2D eigenvalue weighted by Gasteiger charge is -2.15. The van der Waals surface area contributed by atoms with E-state index >= 15 is 0 Å². The first kappa shape index (κ1) is 16.6. The fourth-order valence-electron chi connectivity index (χ4n) is 2.53. The van der Waals surface area contributed by atoms with Crippen LogP contribution in [0.15, 0.2) is 6.33 Å². The van der Waals surface area contributed by atoms with Gasteiger partial charge in [0.05, 0.1) is 13.5 Å². The highest BCUT2D eigenvalue weighted by Crippen LogP contribution is 2.39. The van der Waals surface area contributed by atoms with Gasteiger partial charge in [0.2, 0.25) is 5.95 Å². The Bertz CT molecular complexity index is 776. The Morgan fingerprint density at radius 3 is 2.83 bits per heavy atom. The molecule has 3 atom stereocenters. The van der Waals surface area contributed by atoms with Crippen LogP contribution >= 0.6 is 18.7 Å². The van der Waals surface area contributed by atoms with E-state index in [1.165, 1.54) is 0 Å². The third-order valence-corrected chi connectivity index (χ3v) is 5.23. The van der Waals surface area contributed by atoms with Gasteiger partial charge in [-0.1, -0.05) is 11.6 Å². The molecular weight excluding hydrogens is 341 g/mol. The molecule has 0 bridgehead atoms. The van der Waals surface area contributed by atoms with Gasteiger partial charge in [-0.2, -0.15) is 9.97 Å². The number of nitrogens with zero attached hydrogens (tertiary/aromatic N) is 4. The zero-order valence-corrected chi connectivity index (χ0v) is 14.8. The summed E-state index contributed by atoms with van der Waals surface area (Å²) in [6.45, 7) is 5.42. The van der Waals surface area contributed by atoms with E-state index < -0.39 is 19.7 Å². The van der Waals surface area contributed by atoms with Crippen LogP contribution in [0.3, 0.4) is 0 Å². The van der Waals surface area contributed by atoms with Crippen molar-refractivity contribution < 1.29 is 14.0 Å². The summed E-state index contributed by atoms with van der Waals surface area (Å²) in [7, 11) is -2.10. The second kappa shape index (κ2) is 6.02. The molecule has 8 nitrogen and oxygen atoms in total. The van der Waals surface area contributed by atoms with Gasteiger partial charge in [0, 0.05) is 12.6 Å². The first-order valence-corrected chi connectivity index (χ1v) is 10.4. The predicted molar refractivity (Wildman–Crippen MR) is 88.1 cm³/mol. The summed E-state index contributed by atoms with van der Waals surface area (Å²) < 4.78 is 25.3. The topological polar surface area (TPSA) is 105 Å². The second-order valence-corrected chi connectivity index (χ2v) is 10.0. The van der Waals surface area contributed by atoms with E-state index in [2.05, 4.69) is 15.0 Å². The number of nitrogen functional groups attached to an aromatic ring is 1. The molecule has 0 radical (unpaired) electrons. The highest BCUT2D eigenvalue weighted by Gasteiger charge is 2.36.